The average Bonchev–Trinajstić information content (AvgIpc) is 2.63. The fourth-order valence-electron chi connectivity index (χ4n) is 3.55. The number of carbonyl (C=O) groups is 1. The molecule has 0 fully saturated rings. The van der Waals surface area contributed by atoms with E-state index >= 15 is 0 Å². The predicted octanol–water partition coefficient (Wildman–Crippen LogP) is 2.67. The van der Waals surface area contributed by atoms with Gasteiger partial charge in [0.05, 0.1) is 12.7 Å². The maximum absolute atomic E-state index is 12.8. The Kier molecular flexibility index (Phi) is 4.13. The molecule has 4 N–H and O–H groups in total. The summed E-state index contributed by atoms with van der Waals surface area (Å²) in [6.45, 7) is 3.68. The predicted molar refractivity (Wildman–Crippen MR) is 102 cm³/mol. The molecule has 0 aromatic heterocycles. The SMILES string of the molecule is COc1c(O)cc(C2Oc3cc4c(c(O)c3C(=O)C2O)C=CC(C)(C)O4)cc1O. The van der Waals surface area contributed by atoms with Crippen LogP contribution in [0.3, 0.4) is 0 Å². The van der Waals surface area contributed by atoms with E-state index in [2.05, 4.69) is 0 Å². The highest BCUT2D eigenvalue weighted by Crippen LogP contribution is 2.48. The highest BCUT2D eigenvalue weighted by Gasteiger charge is 2.41. The number of Topliss-reactive ketones (excluding diaryl/α,β-unsaturated/α-hetero) is 1. The van der Waals surface area contributed by atoms with Crippen LogP contribution >= 0.6 is 0 Å². The van der Waals surface area contributed by atoms with Crippen LogP contribution in [0, 0.1) is 0 Å². The molecule has 2 unspecified atom stereocenters. The van der Waals surface area contributed by atoms with Crippen molar-refractivity contribution in [2.75, 3.05) is 7.11 Å². The number of phenolic OH excluding ortho intramolecular Hbond substituents is 3. The number of phenols is 3. The molecule has 0 radical (unpaired) electrons. The molecule has 0 spiro atoms. The summed E-state index contributed by atoms with van der Waals surface area (Å²) >= 11 is 0. The zero-order chi connectivity index (χ0) is 21.1. The molecular weight excluding hydrogens is 380 g/mol. The highest BCUT2D eigenvalue weighted by atomic mass is 16.5. The van der Waals surface area contributed by atoms with Crippen molar-refractivity contribution in [1.29, 1.82) is 0 Å². The first-order valence-corrected chi connectivity index (χ1v) is 8.90. The van der Waals surface area contributed by atoms with Gasteiger partial charge >= 0.3 is 0 Å². The molecule has 2 aromatic rings. The quantitative estimate of drug-likeness (QED) is 0.606. The summed E-state index contributed by atoms with van der Waals surface area (Å²) in [6.07, 6.45) is 0.517. The van der Waals surface area contributed by atoms with E-state index in [4.69, 9.17) is 14.2 Å². The summed E-state index contributed by atoms with van der Waals surface area (Å²) < 4.78 is 16.5. The molecule has 2 aromatic carbocycles. The second-order valence-corrected chi connectivity index (χ2v) is 7.49. The van der Waals surface area contributed by atoms with E-state index in [0.717, 1.165) is 0 Å². The van der Waals surface area contributed by atoms with Gasteiger partial charge in [0.1, 0.15) is 28.4 Å². The lowest BCUT2D eigenvalue weighted by Gasteiger charge is -2.33. The normalized spacial score (nSPS) is 21.6. The number of hydrogen-bond acceptors (Lipinski definition) is 8. The van der Waals surface area contributed by atoms with Gasteiger partial charge in [0.25, 0.3) is 0 Å². The van der Waals surface area contributed by atoms with Gasteiger partial charge in [-0.3, -0.25) is 4.79 Å². The molecule has 0 aliphatic carbocycles. The minimum atomic E-state index is -1.66. The number of rotatable bonds is 2. The van der Waals surface area contributed by atoms with Crippen LogP contribution in [-0.4, -0.2) is 45.0 Å². The lowest BCUT2D eigenvalue weighted by atomic mass is 9.90. The smallest absolute Gasteiger partial charge is 0.202 e. The fraction of sp³-hybridized carbons (Fsp3) is 0.286. The molecule has 2 aliphatic heterocycles. The first-order chi connectivity index (χ1) is 13.6. The molecule has 0 saturated heterocycles. The number of methoxy groups -OCH3 is 1. The monoisotopic (exact) mass is 400 g/mol. The Morgan fingerprint density at radius 1 is 1.07 bits per heavy atom. The molecule has 0 bridgehead atoms. The van der Waals surface area contributed by atoms with Gasteiger partial charge in [0.15, 0.2) is 23.7 Å². The first-order valence-electron chi connectivity index (χ1n) is 8.90. The molecule has 0 amide bonds. The molecule has 8 nitrogen and oxygen atoms in total. The average molecular weight is 400 g/mol. The Hall–Kier alpha value is -3.39. The van der Waals surface area contributed by atoms with Gasteiger partial charge in [0, 0.05) is 11.6 Å². The minimum Gasteiger partial charge on any atom is -0.506 e. The van der Waals surface area contributed by atoms with Crippen LogP contribution in [0.4, 0.5) is 0 Å². The van der Waals surface area contributed by atoms with Crippen LogP contribution < -0.4 is 14.2 Å². The third-order valence-corrected chi connectivity index (χ3v) is 4.95. The van der Waals surface area contributed by atoms with Crippen molar-refractivity contribution in [2.24, 2.45) is 0 Å². The molecule has 2 heterocycles. The zero-order valence-electron chi connectivity index (χ0n) is 16.0. The molecule has 8 heteroatoms. The van der Waals surface area contributed by atoms with E-state index in [9.17, 15) is 25.2 Å². The van der Waals surface area contributed by atoms with Crippen LogP contribution in [0.5, 0.6) is 34.5 Å². The first kappa shape index (κ1) is 18.9. The fourth-order valence-corrected chi connectivity index (χ4v) is 3.55. The van der Waals surface area contributed by atoms with Crippen LogP contribution in [0.1, 0.15) is 41.4 Å². The summed E-state index contributed by atoms with van der Waals surface area (Å²) in [4.78, 5) is 12.8. The van der Waals surface area contributed by atoms with Crippen LogP contribution in [-0.2, 0) is 0 Å². The Balaban J connectivity index is 1.81. The van der Waals surface area contributed by atoms with E-state index < -0.39 is 23.6 Å². The van der Waals surface area contributed by atoms with Crippen molar-refractivity contribution in [1.82, 2.24) is 0 Å². The topological polar surface area (TPSA) is 126 Å². The maximum Gasteiger partial charge on any atom is 0.202 e. The van der Waals surface area contributed by atoms with Gasteiger partial charge < -0.3 is 34.6 Å². The summed E-state index contributed by atoms with van der Waals surface area (Å²) in [5.74, 6) is -1.61. The number of aliphatic hydroxyl groups is 1. The Labute approximate surface area is 166 Å². The lowest BCUT2D eigenvalue weighted by molar-refractivity contribution is 0.0207. The van der Waals surface area contributed by atoms with E-state index in [1.807, 2.05) is 13.8 Å². The van der Waals surface area contributed by atoms with E-state index in [1.54, 1.807) is 12.2 Å². The summed E-state index contributed by atoms with van der Waals surface area (Å²) in [7, 11) is 1.28. The van der Waals surface area contributed by atoms with Gasteiger partial charge in [-0.15, -0.1) is 0 Å². The summed E-state index contributed by atoms with van der Waals surface area (Å²) in [5.41, 5.74) is -0.280. The second kappa shape index (κ2) is 6.31. The van der Waals surface area contributed by atoms with E-state index in [-0.39, 0.29) is 39.9 Å². The van der Waals surface area contributed by atoms with Crippen LogP contribution in [0.25, 0.3) is 6.08 Å². The standard InChI is InChI=1S/C21H20O8/c1-21(2)5-4-10-13(29-21)8-14-15(16(10)24)17(25)18(26)19(28-14)9-6-11(22)20(27-3)12(23)7-9/h4-8,18-19,22-24,26H,1-3H3. The largest absolute Gasteiger partial charge is 0.506 e. The molecule has 2 aliphatic rings. The van der Waals surface area contributed by atoms with Gasteiger partial charge in [0.2, 0.25) is 11.5 Å². The summed E-state index contributed by atoms with van der Waals surface area (Å²) in [6, 6.07) is 3.94. The molecule has 29 heavy (non-hydrogen) atoms. The Morgan fingerprint density at radius 3 is 2.34 bits per heavy atom. The number of hydrogen-bond donors (Lipinski definition) is 4. The minimum absolute atomic E-state index is 0.0300. The second-order valence-electron chi connectivity index (χ2n) is 7.49. The van der Waals surface area contributed by atoms with Crippen LogP contribution in [0.15, 0.2) is 24.3 Å². The van der Waals surface area contributed by atoms with Gasteiger partial charge in [-0.1, -0.05) is 0 Å². The van der Waals surface area contributed by atoms with Gasteiger partial charge in [-0.2, -0.15) is 0 Å². The third-order valence-electron chi connectivity index (χ3n) is 4.95. The maximum atomic E-state index is 12.8. The highest BCUT2D eigenvalue weighted by molar-refractivity contribution is 6.06. The number of aromatic hydroxyl groups is 3. The number of ketones is 1. The van der Waals surface area contributed by atoms with Crippen LogP contribution in [0.2, 0.25) is 0 Å². The Morgan fingerprint density at radius 2 is 1.72 bits per heavy atom. The van der Waals surface area contributed by atoms with E-state index in [1.165, 1.54) is 25.3 Å². The van der Waals surface area contributed by atoms with Crippen molar-refractivity contribution in [3.63, 3.8) is 0 Å². The number of aliphatic hydroxyl groups excluding tert-OH is 1. The molecular formula is C21H20O8. The molecule has 0 saturated carbocycles. The van der Waals surface area contributed by atoms with Crippen molar-refractivity contribution >= 4 is 11.9 Å². The summed E-state index contributed by atoms with van der Waals surface area (Å²) in [5, 5.41) is 41.2. The lowest BCUT2D eigenvalue weighted by Crippen LogP contribution is -2.36. The van der Waals surface area contributed by atoms with Gasteiger partial charge in [-0.05, 0) is 38.1 Å². The van der Waals surface area contributed by atoms with Crippen molar-refractivity contribution in [2.45, 2.75) is 31.7 Å². The molecule has 4 rings (SSSR count). The van der Waals surface area contributed by atoms with Gasteiger partial charge in [-0.25, -0.2) is 0 Å². The number of benzene rings is 2. The number of ether oxygens (including phenoxy) is 3. The number of carbonyl (C=O) groups excluding carboxylic acids is 1. The van der Waals surface area contributed by atoms with Crippen molar-refractivity contribution in [3.8, 4) is 34.5 Å². The third kappa shape index (κ3) is 2.92. The molecule has 152 valence electrons. The molecule has 2 atom stereocenters. The van der Waals surface area contributed by atoms with Crippen molar-refractivity contribution in [3.05, 3.63) is 41.0 Å². The Bertz CT molecular complexity index is 1030. The number of fused-ring (bicyclic) bond motifs is 2. The zero-order valence-corrected chi connectivity index (χ0v) is 16.0. The van der Waals surface area contributed by atoms with Crippen molar-refractivity contribution < 1.29 is 39.4 Å². The van der Waals surface area contributed by atoms with E-state index in [0.29, 0.717) is 11.3 Å².